The van der Waals surface area contributed by atoms with Crippen molar-refractivity contribution in [3.05, 3.63) is 69.0 Å². The Morgan fingerprint density at radius 1 is 1.38 bits per heavy atom. The number of benzene rings is 1. The fourth-order valence-electron chi connectivity index (χ4n) is 1.87. The van der Waals surface area contributed by atoms with Crippen molar-refractivity contribution in [1.82, 2.24) is 9.88 Å². The second-order valence-corrected chi connectivity index (χ2v) is 4.80. The van der Waals surface area contributed by atoms with Crippen LogP contribution in [0, 0.1) is 10.1 Å². The van der Waals surface area contributed by atoms with Crippen LogP contribution in [0.5, 0.6) is 0 Å². The zero-order valence-electron chi connectivity index (χ0n) is 11.2. The summed E-state index contributed by atoms with van der Waals surface area (Å²) in [4.78, 5) is 28.0. The summed E-state index contributed by atoms with van der Waals surface area (Å²) in [7, 11) is 1.60. The Morgan fingerprint density at radius 2 is 2.14 bits per heavy atom. The van der Waals surface area contributed by atoms with E-state index in [0.717, 1.165) is 5.56 Å². The predicted molar refractivity (Wildman–Crippen MR) is 78.1 cm³/mol. The summed E-state index contributed by atoms with van der Waals surface area (Å²) < 4.78 is 0. The Bertz CT molecular complexity index is 676. The highest BCUT2D eigenvalue weighted by atomic mass is 35.5. The SMILES string of the molecule is CN(Cc1cccnc1)C(=O)c1cccc([N+](=O)[O-])c1Cl. The number of rotatable bonds is 4. The second kappa shape index (κ2) is 6.32. The number of hydrogen-bond donors (Lipinski definition) is 0. The van der Waals surface area contributed by atoms with E-state index in [0.29, 0.717) is 6.54 Å². The van der Waals surface area contributed by atoms with Crippen LogP contribution in [0.2, 0.25) is 5.02 Å². The smallest absolute Gasteiger partial charge is 0.288 e. The zero-order chi connectivity index (χ0) is 15.4. The number of halogens is 1. The Balaban J connectivity index is 2.24. The van der Waals surface area contributed by atoms with E-state index in [1.54, 1.807) is 25.5 Å². The molecule has 0 aliphatic carbocycles. The van der Waals surface area contributed by atoms with Gasteiger partial charge in [0, 0.05) is 32.1 Å². The highest BCUT2D eigenvalue weighted by molar-refractivity contribution is 6.35. The van der Waals surface area contributed by atoms with E-state index >= 15 is 0 Å². The van der Waals surface area contributed by atoms with Crippen molar-refractivity contribution in [2.24, 2.45) is 0 Å². The largest absolute Gasteiger partial charge is 0.337 e. The summed E-state index contributed by atoms with van der Waals surface area (Å²) in [6, 6.07) is 7.78. The molecule has 1 amide bonds. The number of nitrogens with zero attached hydrogens (tertiary/aromatic N) is 3. The van der Waals surface area contributed by atoms with Crippen LogP contribution in [0.15, 0.2) is 42.7 Å². The molecule has 0 aliphatic heterocycles. The number of nitro benzene ring substituents is 1. The minimum atomic E-state index is -0.611. The molecule has 2 aromatic rings. The fourth-order valence-corrected chi connectivity index (χ4v) is 2.14. The van der Waals surface area contributed by atoms with E-state index in [9.17, 15) is 14.9 Å². The maximum atomic E-state index is 12.3. The van der Waals surface area contributed by atoms with Crippen LogP contribution in [0.1, 0.15) is 15.9 Å². The molecule has 0 atom stereocenters. The third-order valence-corrected chi connectivity index (χ3v) is 3.29. The Kier molecular flexibility index (Phi) is 4.49. The summed E-state index contributed by atoms with van der Waals surface area (Å²) >= 11 is 5.94. The second-order valence-electron chi connectivity index (χ2n) is 4.42. The van der Waals surface area contributed by atoms with E-state index in [4.69, 9.17) is 11.6 Å². The summed E-state index contributed by atoms with van der Waals surface area (Å²) in [5, 5.41) is 10.7. The minimum Gasteiger partial charge on any atom is -0.337 e. The van der Waals surface area contributed by atoms with Crippen LogP contribution < -0.4 is 0 Å². The molecule has 7 heteroatoms. The lowest BCUT2D eigenvalue weighted by Crippen LogP contribution is -2.26. The Morgan fingerprint density at radius 3 is 2.76 bits per heavy atom. The van der Waals surface area contributed by atoms with Crippen molar-refractivity contribution in [2.45, 2.75) is 6.54 Å². The molecule has 1 aromatic heterocycles. The first-order valence-electron chi connectivity index (χ1n) is 6.08. The molecule has 0 fully saturated rings. The zero-order valence-corrected chi connectivity index (χ0v) is 11.9. The van der Waals surface area contributed by atoms with E-state index < -0.39 is 4.92 Å². The number of aromatic nitrogens is 1. The van der Waals surface area contributed by atoms with Crippen LogP contribution in [-0.4, -0.2) is 27.8 Å². The molecular weight excluding hydrogens is 294 g/mol. The molecule has 6 nitrogen and oxygen atoms in total. The molecule has 108 valence electrons. The average Bonchev–Trinajstić information content (AvgIpc) is 2.47. The summed E-state index contributed by atoms with van der Waals surface area (Å²) in [5.74, 6) is -0.382. The van der Waals surface area contributed by atoms with Gasteiger partial charge in [-0.2, -0.15) is 0 Å². The minimum absolute atomic E-state index is 0.109. The normalized spacial score (nSPS) is 10.2. The quantitative estimate of drug-likeness (QED) is 0.643. The molecule has 0 bridgehead atoms. The van der Waals surface area contributed by atoms with Gasteiger partial charge in [-0.3, -0.25) is 19.9 Å². The van der Waals surface area contributed by atoms with Gasteiger partial charge in [0.1, 0.15) is 5.02 Å². The highest BCUT2D eigenvalue weighted by Gasteiger charge is 2.22. The van der Waals surface area contributed by atoms with Crippen molar-refractivity contribution in [2.75, 3.05) is 7.05 Å². The first kappa shape index (κ1) is 14.9. The van der Waals surface area contributed by atoms with Crippen LogP contribution in [0.3, 0.4) is 0 Å². The molecule has 1 aromatic carbocycles. The lowest BCUT2D eigenvalue weighted by molar-refractivity contribution is -0.384. The summed E-state index contributed by atoms with van der Waals surface area (Å²) in [6.45, 7) is 0.339. The molecule has 0 aliphatic rings. The third-order valence-electron chi connectivity index (χ3n) is 2.89. The first-order valence-corrected chi connectivity index (χ1v) is 6.45. The van der Waals surface area contributed by atoms with E-state index in [2.05, 4.69) is 4.98 Å². The molecule has 0 N–H and O–H groups in total. The molecule has 0 unspecified atom stereocenters. The van der Waals surface area contributed by atoms with Crippen molar-refractivity contribution < 1.29 is 9.72 Å². The van der Waals surface area contributed by atoms with Crippen LogP contribution in [0.25, 0.3) is 0 Å². The average molecular weight is 306 g/mol. The van der Waals surface area contributed by atoms with Gasteiger partial charge < -0.3 is 4.90 Å². The number of nitro groups is 1. The summed E-state index contributed by atoms with van der Waals surface area (Å²) in [6.07, 6.45) is 3.29. The number of hydrogen-bond acceptors (Lipinski definition) is 4. The van der Waals surface area contributed by atoms with Crippen LogP contribution in [0.4, 0.5) is 5.69 Å². The van der Waals surface area contributed by atoms with Gasteiger partial charge in [0.05, 0.1) is 10.5 Å². The Hall–Kier alpha value is -2.47. The Labute approximate surface area is 126 Å². The lowest BCUT2D eigenvalue weighted by Gasteiger charge is -2.17. The molecule has 21 heavy (non-hydrogen) atoms. The third kappa shape index (κ3) is 3.35. The topological polar surface area (TPSA) is 76.3 Å². The summed E-state index contributed by atoms with van der Waals surface area (Å²) in [5.41, 5.74) is 0.685. The van der Waals surface area contributed by atoms with Crippen molar-refractivity contribution >= 4 is 23.2 Å². The number of carbonyl (C=O) groups is 1. The molecule has 0 saturated carbocycles. The van der Waals surface area contributed by atoms with Gasteiger partial charge in [-0.15, -0.1) is 0 Å². The first-order chi connectivity index (χ1) is 10.0. The predicted octanol–water partition coefficient (Wildman–Crippen LogP) is 2.92. The van der Waals surface area contributed by atoms with Gasteiger partial charge in [0.2, 0.25) is 0 Å². The molecule has 0 spiro atoms. The molecule has 0 saturated heterocycles. The van der Waals surface area contributed by atoms with Gasteiger partial charge in [-0.1, -0.05) is 23.7 Å². The number of carbonyl (C=O) groups excluding carboxylic acids is 1. The van der Waals surface area contributed by atoms with E-state index in [1.807, 2.05) is 6.07 Å². The number of pyridine rings is 1. The van der Waals surface area contributed by atoms with Crippen LogP contribution in [-0.2, 0) is 6.54 Å². The van der Waals surface area contributed by atoms with Crippen molar-refractivity contribution in [1.29, 1.82) is 0 Å². The van der Waals surface area contributed by atoms with E-state index in [1.165, 1.54) is 23.1 Å². The molecule has 2 rings (SSSR count). The maximum Gasteiger partial charge on any atom is 0.288 e. The van der Waals surface area contributed by atoms with Crippen molar-refractivity contribution in [3.8, 4) is 0 Å². The maximum absolute atomic E-state index is 12.3. The van der Waals surface area contributed by atoms with Gasteiger partial charge in [0.15, 0.2) is 0 Å². The molecule has 0 radical (unpaired) electrons. The van der Waals surface area contributed by atoms with Gasteiger partial charge in [-0.25, -0.2) is 0 Å². The van der Waals surface area contributed by atoms with Crippen LogP contribution >= 0.6 is 11.6 Å². The van der Waals surface area contributed by atoms with Gasteiger partial charge in [-0.05, 0) is 17.7 Å². The highest BCUT2D eigenvalue weighted by Crippen LogP contribution is 2.28. The lowest BCUT2D eigenvalue weighted by atomic mass is 10.1. The van der Waals surface area contributed by atoms with Gasteiger partial charge in [0.25, 0.3) is 11.6 Å². The number of amides is 1. The van der Waals surface area contributed by atoms with Gasteiger partial charge >= 0.3 is 0 Å². The standard InChI is InChI=1S/C14H12ClN3O3/c1-17(9-10-4-3-7-16-8-10)14(19)11-5-2-6-12(13(11)15)18(20)21/h2-8H,9H2,1H3. The van der Waals surface area contributed by atoms with Crippen molar-refractivity contribution in [3.63, 3.8) is 0 Å². The fraction of sp³-hybridized carbons (Fsp3) is 0.143. The van der Waals surface area contributed by atoms with E-state index in [-0.39, 0.29) is 22.2 Å². The monoisotopic (exact) mass is 305 g/mol. The molecular formula is C14H12ClN3O3. The molecule has 1 heterocycles.